The molecule has 0 amide bonds. The lowest BCUT2D eigenvalue weighted by molar-refractivity contribution is -0.274. The highest BCUT2D eigenvalue weighted by atomic mass is 19.4. The lowest BCUT2D eigenvalue weighted by atomic mass is 10.3. The Bertz CT molecular complexity index is 322. The Balaban J connectivity index is 2.54. The number of alkyl halides is 3. The van der Waals surface area contributed by atoms with Gasteiger partial charge in [-0.15, -0.1) is 13.2 Å². The molecule has 0 heterocycles. The van der Waals surface area contributed by atoms with E-state index in [0.717, 1.165) is 0 Å². The molecule has 1 atom stereocenters. The van der Waals surface area contributed by atoms with Crippen molar-refractivity contribution in [3.8, 4) is 5.75 Å². The van der Waals surface area contributed by atoms with Gasteiger partial charge in [0, 0.05) is 12.2 Å². The van der Waals surface area contributed by atoms with E-state index in [0.29, 0.717) is 12.2 Å². The molecule has 0 aliphatic carbocycles. The van der Waals surface area contributed by atoms with Crippen LogP contribution in [0, 0.1) is 0 Å². The van der Waals surface area contributed by atoms with E-state index in [-0.39, 0.29) is 5.75 Å². The fourth-order valence-corrected chi connectivity index (χ4v) is 1.04. The number of aliphatic hydroxyl groups is 1. The van der Waals surface area contributed by atoms with Gasteiger partial charge in [0.2, 0.25) is 0 Å². The SMILES string of the molecule is C[C@@H](O)CNc1ccc(OC(F)(F)F)cc1. The molecule has 0 spiro atoms. The Morgan fingerprint density at radius 2 is 1.88 bits per heavy atom. The predicted octanol–water partition coefficient (Wildman–Crippen LogP) is 2.38. The summed E-state index contributed by atoms with van der Waals surface area (Å²) in [4.78, 5) is 0. The molecule has 2 N–H and O–H groups in total. The highest BCUT2D eigenvalue weighted by Crippen LogP contribution is 2.23. The maximum absolute atomic E-state index is 11.8. The third-order valence-electron chi connectivity index (χ3n) is 1.69. The predicted molar refractivity (Wildman–Crippen MR) is 53.3 cm³/mol. The summed E-state index contributed by atoms with van der Waals surface area (Å²) in [5.74, 6) is -0.268. The average molecular weight is 235 g/mol. The lowest BCUT2D eigenvalue weighted by Gasteiger charge is -2.11. The van der Waals surface area contributed by atoms with Crippen LogP contribution in [0.2, 0.25) is 0 Å². The van der Waals surface area contributed by atoms with Crippen molar-refractivity contribution < 1.29 is 23.0 Å². The van der Waals surface area contributed by atoms with Gasteiger partial charge >= 0.3 is 6.36 Å². The summed E-state index contributed by atoms with van der Waals surface area (Å²) in [6, 6.07) is 5.31. The van der Waals surface area contributed by atoms with E-state index < -0.39 is 12.5 Å². The van der Waals surface area contributed by atoms with Crippen LogP contribution in [0.15, 0.2) is 24.3 Å². The molecule has 0 unspecified atom stereocenters. The molecule has 1 aromatic rings. The lowest BCUT2D eigenvalue weighted by Crippen LogP contribution is -2.17. The van der Waals surface area contributed by atoms with Gasteiger partial charge in [0.1, 0.15) is 5.75 Å². The number of aliphatic hydroxyl groups excluding tert-OH is 1. The van der Waals surface area contributed by atoms with Crippen LogP contribution in [0.1, 0.15) is 6.92 Å². The molecule has 0 aromatic heterocycles. The number of nitrogens with one attached hydrogen (secondary N) is 1. The number of rotatable bonds is 4. The molecule has 16 heavy (non-hydrogen) atoms. The summed E-state index contributed by atoms with van der Waals surface area (Å²) >= 11 is 0. The quantitative estimate of drug-likeness (QED) is 0.841. The van der Waals surface area contributed by atoms with E-state index in [2.05, 4.69) is 10.1 Å². The van der Waals surface area contributed by atoms with E-state index in [1.165, 1.54) is 24.3 Å². The van der Waals surface area contributed by atoms with Crippen LogP contribution in [0.5, 0.6) is 5.75 Å². The summed E-state index contributed by atoms with van der Waals surface area (Å²) in [6.45, 7) is 1.94. The molecular weight excluding hydrogens is 223 g/mol. The zero-order chi connectivity index (χ0) is 12.2. The molecule has 3 nitrogen and oxygen atoms in total. The second kappa shape index (κ2) is 5.07. The maximum Gasteiger partial charge on any atom is 0.573 e. The fourth-order valence-electron chi connectivity index (χ4n) is 1.04. The Labute approximate surface area is 90.8 Å². The Morgan fingerprint density at radius 1 is 1.31 bits per heavy atom. The van der Waals surface area contributed by atoms with Crippen molar-refractivity contribution in [1.82, 2.24) is 0 Å². The average Bonchev–Trinajstić information content (AvgIpc) is 2.14. The molecule has 0 fully saturated rings. The monoisotopic (exact) mass is 235 g/mol. The van der Waals surface area contributed by atoms with Gasteiger partial charge in [-0.1, -0.05) is 0 Å². The largest absolute Gasteiger partial charge is 0.573 e. The highest BCUT2D eigenvalue weighted by molar-refractivity contribution is 5.46. The van der Waals surface area contributed by atoms with Gasteiger partial charge < -0.3 is 15.2 Å². The highest BCUT2D eigenvalue weighted by Gasteiger charge is 2.30. The van der Waals surface area contributed by atoms with Crippen molar-refractivity contribution >= 4 is 5.69 Å². The third-order valence-corrected chi connectivity index (χ3v) is 1.69. The summed E-state index contributed by atoms with van der Waals surface area (Å²) in [5, 5.41) is 11.8. The molecule has 90 valence electrons. The molecule has 6 heteroatoms. The van der Waals surface area contributed by atoms with Crippen molar-refractivity contribution in [3.63, 3.8) is 0 Å². The topological polar surface area (TPSA) is 41.5 Å². The van der Waals surface area contributed by atoms with Gasteiger partial charge in [0.05, 0.1) is 6.10 Å². The first-order valence-corrected chi connectivity index (χ1v) is 4.64. The van der Waals surface area contributed by atoms with Gasteiger partial charge in [-0.2, -0.15) is 0 Å². The third kappa shape index (κ3) is 4.88. The molecular formula is C10H12F3NO2. The van der Waals surface area contributed by atoms with E-state index in [1.54, 1.807) is 6.92 Å². The zero-order valence-electron chi connectivity index (χ0n) is 8.58. The molecule has 0 saturated carbocycles. The van der Waals surface area contributed by atoms with Crippen LogP contribution >= 0.6 is 0 Å². The number of hydrogen-bond donors (Lipinski definition) is 2. The maximum atomic E-state index is 11.8. The number of halogens is 3. The van der Waals surface area contributed by atoms with Crippen molar-refractivity contribution in [3.05, 3.63) is 24.3 Å². The second-order valence-corrected chi connectivity index (χ2v) is 3.30. The first-order valence-electron chi connectivity index (χ1n) is 4.64. The Hall–Kier alpha value is -1.43. The Morgan fingerprint density at radius 3 is 2.31 bits per heavy atom. The van der Waals surface area contributed by atoms with Gasteiger partial charge in [-0.25, -0.2) is 0 Å². The van der Waals surface area contributed by atoms with Crippen molar-refractivity contribution in [1.29, 1.82) is 0 Å². The minimum Gasteiger partial charge on any atom is -0.406 e. The van der Waals surface area contributed by atoms with E-state index in [4.69, 9.17) is 5.11 Å². The summed E-state index contributed by atoms with van der Waals surface area (Å²) in [5.41, 5.74) is 0.621. The van der Waals surface area contributed by atoms with E-state index in [9.17, 15) is 13.2 Å². The molecule has 0 radical (unpaired) electrons. The van der Waals surface area contributed by atoms with Crippen molar-refractivity contribution in [2.45, 2.75) is 19.4 Å². The minimum absolute atomic E-state index is 0.268. The molecule has 0 bridgehead atoms. The molecule has 0 aliphatic heterocycles. The molecule has 0 aliphatic rings. The Kier molecular flexibility index (Phi) is 4.00. The summed E-state index contributed by atoms with van der Waals surface area (Å²) in [7, 11) is 0. The number of anilines is 1. The zero-order valence-corrected chi connectivity index (χ0v) is 8.58. The van der Waals surface area contributed by atoms with Gasteiger partial charge in [-0.05, 0) is 31.2 Å². The van der Waals surface area contributed by atoms with Crippen molar-refractivity contribution in [2.75, 3.05) is 11.9 Å². The van der Waals surface area contributed by atoms with Crippen LogP contribution in [0.4, 0.5) is 18.9 Å². The van der Waals surface area contributed by atoms with Crippen molar-refractivity contribution in [2.24, 2.45) is 0 Å². The normalized spacial score (nSPS) is 13.3. The smallest absolute Gasteiger partial charge is 0.406 e. The first-order chi connectivity index (χ1) is 7.37. The standard InChI is InChI=1S/C10H12F3NO2/c1-7(15)6-14-8-2-4-9(5-3-8)16-10(11,12)13/h2-5,7,14-15H,6H2,1H3/t7-/m1/s1. The van der Waals surface area contributed by atoms with Gasteiger partial charge in [0.25, 0.3) is 0 Å². The van der Waals surface area contributed by atoms with Crippen LogP contribution in [0.3, 0.4) is 0 Å². The number of hydrogen-bond acceptors (Lipinski definition) is 3. The summed E-state index contributed by atoms with van der Waals surface area (Å²) < 4.78 is 39.2. The fraction of sp³-hybridized carbons (Fsp3) is 0.400. The minimum atomic E-state index is -4.67. The molecule has 1 rings (SSSR count). The second-order valence-electron chi connectivity index (χ2n) is 3.30. The van der Waals surface area contributed by atoms with Crippen LogP contribution in [-0.2, 0) is 0 Å². The van der Waals surface area contributed by atoms with E-state index >= 15 is 0 Å². The van der Waals surface area contributed by atoms with Gasteiger partial charge in [-0.3, -0.25) is 0 Å². The summed E-state index contributed by atoms with van der Waals surface area (Å²) in [6.07, 6.45) is -5.19. The first kappa shape index (κ1) is 12.6. The number of benzene rings is 1. The molecule has 0 saturated heterocycles. The van der Waals surface area contributed by atoms with Crippen LogP contribution < -0.4 is 10.1 Å². The van der Waals surface area contributed by atoms with Crippen LogP contribution in [-0.4, -0.2) is 24.1 Å². The van der Waals surface area contributed by atoms with Crippen LogP contribution in [0.25, 0.3) is 0 Å². The number of ether oxygens (including phenoxy) is 1. The molecule has 1 aromatic carbocycles. The van der Waals surface area contributed by atoms with Gasteiger partial charge in [0.15, 0.2) is 0 Å². The van der Waals surface area contributed by atoms with E-state index in [1.807, 2.05) is 0 Å².